The van der Waals surface area contributed by atoms with Crippen molar-refractivity contribution < 1.29 is 0 Å². The summed E-state index contributed by atoms with van der Waals surface area (Å²) in [6.45, 7) is 5.49. The summed E-state index contributed by atoms with van der Waals surface area (Å²) in [7, 11) is 0. The van der Waals surface area contributed by atoms with Crippen molar-refractivity contribution in [1.29, 1.82) is 0 Å². The van der Waals surface area contributed by atoms with Crippen LogP contribution in [0.25, 0.3) is 0 Å². The average molecular weight is 139 g/mol. The van der Waals surface area contributed by atoms with Gasteiger partial charge < -0.3 is 0 Å². The lowest BCUT2D eigenvalue weighted by molar-refractivity contribution is 0.523. The van der Waals surface area contributed by atoms with Crippen LogP contribution in [0.4, 0.5) is 0 Å². The van der Waals surface area contributed by atoms with Crippen molar-refractivity contribution in [3.8, 4) is 0 Å². The minimum atomic E-state index is 0.836. The van der Waals surface area contributed by atoms with Gasteiger partial charge in [0.25, 0.3) is 0 Å². The Morgan fingerprint density at radius 1 is 1.60 bits per heavy atom. The van der Waals surface area contributed by atoms with Crippen LogP contribution in [0.3, 0.4) is 0 Å². The fraction of sp³-hybridized carbons (Fsp3) is 0.889. The molecule has 1 fully saturated rings. The van der Waals surface area contributed by atoms with E-state index in [1.807, 2.05) is 6.21 Å². The summed E-state index contributed by atoms with van der Waals surface area (Å²) >= 11 is 0. The first-order valence-corrected chi connectivity index (χ1v) is 4.33. The lowest BCUT2D eigenvalue weighted by Crippen LogP contribution is -2.01. The Morgan fingerprint density at radius 3 is 2.80 bits per heavy atom. The molecule has 10 heavy (non-hydrogen) atoms. The number of hydrogen-bond donors (Lipinski definition) is 0. The molecule has 1 aliphatic rings. The Morgan fingerprint density at radius 2 is 2.30 bits per heavy atom. The Hall–Kier alpha value is -0.330. The molecule has 1 aliphatic carbocycles. The third-order valence-electron chi connectivity index (χ3n) is 2.13. The van der Waals surface area contributed by atoms with Gasteiger partial charge >= 0.3 is 0 Å². The standard InChI is InChI=1S/C9H17N/c1-3-6-10-7-8(2)9-4-5-9/h6,8-9H,3-5,7H2,1-2H3. The molecule has 1 unspecified atom stereocenters. The van der Waals surface area contributed by atoms with E-state index in [1.165, 1.54) is 12.8 Å². The van der Waals surface area contributed by atoms with Crippen LogP contribution in [0.1, 0.15) is 33.1 Å². The van der Waals surface area contributed by atoms with E-state index in [-0.39, 0.29) is 0 Å². The van der Waals surface area contributed by atoms with Gasteiger partial charge in [-0.3, -0.25) is 4.99 Å². The van der Waals surface area contributed by atoms with Gasteiger partial charge in [0.15, 0.2) is 0 Å². The van der Waals surface area contributed by atoms with E-state index in [1.54, 1.807) is 0 Å². The molecule has 0 radical (unpaired) electrons. The fourth-order valence-corrected chi connectivity index (χ4v) is 1.18. The van der Waals surface area contributed by atoms with Gasteiger partial charge in [0, 0.05) is 6.54 Å². The SMILES string of the molecule is CCC=NCC(C)C1CC1. The second kappa shape index (κ2) is 3.75. The van der Waals surface area contributed by atoms with Crippen molar-refractivity contribution in [2.24, 2.45) is 16.8 Å². The summed E-state index contributed by atoms with van der Waals surface area (Å²) in [5.41, 5.74) is 0. The summed E-state index contributed by atoms with van der Waals surface area (Å²) in [6, 6.07) is 0. The first-order valence-electron chi connectivity index (χ1n) is 4.33. The zero-order valence-corrected chi connectivity index (χ0v) is 7.01. The number of rotatable bonds is 4. The van der Waals surface area contributed by atoms with Gasteiger partial charge in [0.2, 0.25) is 0 Å². The Balaban J connectivity index is 2.05. The summed E-state index contributed by atoms with van der Waals surface area (Å²) in [5.74, 6) is 1.84. The van der Waals surface area contributed by atoms with Crippen LogP contribution in [0.2, 0.25) is 0 Å². The maximum absolute atomic E-state index is 4.33. The van der Waals surface area contributed by atoms with Gasteiger partial charge in [-0.25, -0.2) is 0 Å². The maximum Gasteiger partial charge on any atom is 0.0413 e. The molecule has 0 aromatic carbocycles. The Kier molecular flexibility index (Phi) is 2.91. The molecule has 0 heterocycles. The van der Waals surface area contributed by atoms with Crippen LogP contribution in [0, 0.1) is 11.8 Å². The maximum atomic E-state index is 4.33. The lowest BCUT2D eigenvalue weighted by atomic mass is 10.1. The highest BCUT2D eigenvalue weighted by Gasteiger charge is 2.26. The highest BCUT2D eigenvalue weighted by atomic mass is 14.7. The smallest absolute Gasteiger partial charge is 0.0413 e. The molecule has 0 aromatic heterocycles. The molecule has 1 atom stereocenters. The quantitative estimate of drug-likeness (QED) is 0.531. The Labute approximate surface area is 63.5 Å². The van der Waals surface area contributed by atoms with Crippen LogP contribution in [-0.4, -0.2) is 12.8 Å². The third kappa shape index (κ3) is 2.51. The van der Waals surface area contributed by atoms with Crippen molar-refractivity contribution >= 4 is 6.21 Å². The van der Waals surface area contributed by atoms with Crippen molar-refractivity contribution in [1.82, 2.24) is 0 Å². The zero-order chi connectivity index (χ0) is 7.40. The molecule has 0 saturated heterocycles. The number of hydrogen-bond acceptors (Lipinski definition) is 1. The normalized spacial score (nSPS) is 21.8. The number of nitrogens with zero attached hydrogens (tertiary/aromatic N) is 1. The second-order valence-electron chi connectivity index (χ2n) is 3.27. The zero-order valence-electron chi connectivity index (χ0n) is 7.01. The third-order valence-corrected chi connectivity index (χ3v) is 2.13. The second-order valence-corrected chi connectivity index (χ2v) is 3.27. The van der Waals surface area contributed by atoms with Crippen LogP contribution < -0.4 is 0 Å². The minimum absolute atomic E-state index is 0.836. The predicted octanol–water partition coefficient (Wildman–Crippen LogP) is 2.51. The molecule has 0 aliphatic heterocycles. The molecule has 1 rings (SSSR count). The van der Waals surface area contributed by atoms with Gasteiger partial charge in [-0.15, -0.1) is 0 Å². The van der Waals surface area contributed by atoms with Crippen LogP contribution in [0.15, 0.2) is 4.99 Å². The van der Waals surface area contributed by atoms with Gasteiger partial charge in [-0.1, -0.05) is 13.8 Å². The van der Waals surface area contributed by atoms with Gasteiger partial charge in [0.1, 0.15) is 0 Å². The topological polar surface area (TPSA) is 12.4 Å². The molecule has 0 N–H and O–H groups in total. The summed E-state index contributed by atoms with van der Waals surface area (Å²) in [4.78, 5) is 4.33. The molecule has 1 heteroatoms. The summed E-state index contributed by atoms with van der Waals surface area (Å²) < 4.78 is 0. The van der Waals surface area contributed by atoms with Gasteiger partial charge in [0.05, 0.1) is 0 Å². The van der Waals surface area contributed by atoms with Crippen molar-refractivity contribution in [2.45, 2.75) is 33.1 Å². The van der Waals surface area contributed by atoms with Crippen LogP contribution >= 0.6 is 0 Å². The fourth-order valence-electron chi connectivity index (χ4n) is 1.18. The van der Waals surface area contributed by atoms with E-state index < -0.39 is 0 Å². The highest BCUT2D eigenvalue weighted by Crippen LogP contribution is 2.36. The van der Waals surface area contributed by atoms with E-state index in [0.29, 0.717) is 0 Å². The molecule has 0 aromatic rings. The van der Waals surface area contributed by atoms with Crippen molar-refractivity contribution in [3.05, 3.63) is 0 Å². The molecular weight excluding hydrogens is 122 g/mol. The summed E-state index contributed by atoms with van der Waals surface area (Å²) in [6.07, 6.45) is 6.00. The van der Waals surface area contributed by atoms with Crippen molar-refractivity contribution in [2.75, 3.05) is 6.54 Å². The minimum Gasteiger partial charge on any atom is -0.297 e. The molecule has 0 amide bonds. The number of aliphatic imine (C=N–C) groups is 1. The molecule has 58 valence electrons. The molecule has 1 nitrogen and oxygen atoms in total. The Bertz CT molecular complexity index is 114. The lowest BCUT2D eigenvalue weighted by Gasteiger charge is -2.03. The van der Waals surface area contributed by atoms with Gasteiger partial charge in [-0.2, -0.15) is 0 Å². The largest absolute Gasteiger partial charge is 0.297 e. The summed E-state index contributed by atoms with van der Waals surface area (Å²) in [5, 5.41) is 0. The first-order chi connectivity index (χ1) is 4.84. The predicted molar refractivity (Wildman–Crippen MR) is 45.5 cm³/mol. The first kappa shape index (κ1) is 7.77. The highest BCUT2D eigenvalue weighted by molar-refractivity contribution is 5.56. The molecular formula is C9H17N. The van der Waals surface area contributed by atoms with E-state index in [0.717, 1.165) is 24.8 Å². The monoisotopic (exact) mass is 139 g/mol. The van der Waals surface area contributed by atoms with E-state index in [2.05, 4.69) is 18.8 Å². The average Bonchev–Trinajstić information content (AvgIpc) is 2.69. The molecule has 0 spiro atoms. The van der Waals surface area contributed by atoms with E-state index in [4.69, 9.17) is 0 Å². The van der Waals surface area contributed by atoms with E-state index >= 15 is 0 Å². The van der Waals surface area contributed by atoms with Gasteiger partial charge in [-0.05, 0) is 37.3 Å². The molecule has 1 saturated carbocycles. The van der Waals surface area contributed by atoms with Crippen molar-refractivity contribution in [3.63, 3.8) is 0 Å². The van der Waals surface area contributed by atoms with Crippen LogP contribution in [-0.2, 0) is 0 Å². The van der Waals surface area contributed by atoms with E-state index in [9.17, 15) is 0 Å². The van der Waals surface area contributed by atoms with Crippen LogP contribution in [0.5, 0.6) is 0 Å². The molecule has 0 bridgehead atoms.